The van der Waals surface area contributed by atoms with Crippen molar-refractivity contribution in [2.45, 2.75) is 38.9 Å². The number of anilines is 1. The molecular formula is C21H24N4O4. The molecule has 0 amide bonds. The average molecular weight is 396 g/mol. The molecule has 0 saturated carbocycles. The van der Waals surface area contributed by atoms with Crippen LogP contribution in [0.5, 0.6) is 0 Å². The molecule has 0 bridgehead atoms. The molecule has 8 nitrogen and oxygen atoms in total. The number of nitrogens with zero attached hydrogens (tertiary/aromatic N) is 3. The summed E-state index contributed by atoms with van der Waals surface area (Å²) in [5.41, 5.74) is 5.52. The van der Waals surface area contributed by atoms with Gasteiger partial charge in [0.2, 0.25) is 0 Å². The summed E-state index contributed by atoms with van der Waals surface area (Å²) in [6.45, 7) is 2.96. The summed E-state index contributed by atoms with van der Waals surface area (Å²) in [7, 11) is 0. The Bertz CT molecular complexity index is 1090. The minimum absolute atomic E-state index is 0.0190. The zero-order valence-electron chi connectivity index (χ0n) is 16.3. The lowest BCUT2D eigenvalue weighted by Crippen LogP contribution is -2.48. The van der Waals surface area contributed by atoms with E-state index in [9.17, 15) is 19.5 Å². The van der Waals surface area contributed by atoms with Crippen LogP contribution in [-0.2, 0) is 13.1 Å². The van der Waals surface area contributed by atoms with Crippen molar-refractivity contribution in [2.24, 2.45) is 5.73 Å². The van der Waals surface area contributed by atoms with Crippen LogP contribution in [0.15, 0.2) is 39.9 Å². The second-order valence-corrected chi connectivity index (χ2v) is 7.03. The first-order valence-electron chi connectivity index (χ1n) is 9.48. The van der Waals surface area contributed by atoms with Crippen molar-refractivity contribution < 1.29 is 9.90 Å². The van der Waals surface area contributed by atoms with Gasteiger partial charge < -0.3 is 15.7 Å². The summed E-state index contributed by atoms with van der Waals surface area (Å²) < 4.78 is 2.51. The molecule has 0 radical (unpaired) electrons. The zero-order chi connectivity index (χ0) is 21.0. The SMILES string of the molecule is CC#CCn1c(N2CCC[C@@H](N)C2)cc(=O)n(Cc2ccccc2C(=O)O)c1=O. The van der Waals surface area contributed by atoms with Crippen molar-refractivity contribution in [3.63, 3.8) is 0 Å². The van der Waals surface area contributed by atoms with E-state index in [4.69, 9.17) is 5.73 Å². The van der Waals surface area contributed by atoms with E-state index in [1.807, 2.05) is 4.90 Å². The molecule has 1 fully saturated rings. The molecule has 3 rings (SSSR count). The van der Waals surface area contributed by atoms with Gasteiger partial charge >= 0.3 is 11.7 Å². The summed E-state index contributed by atoms with van der Waals surface area (Å²) in [6, 6.07) is 7.73. The van der Waals surface area contributed by atoms with Gasteiger partial charge in [0.15, 0.2) is 0 Å². The van der Waals surface area contributed by atoms with Crippen LogP contribution < -0.4 is 21.9 Å². The van der Waals surface area contributed by atoms with Gasteiger partial charge in [0.25, 0.3) is 5.56 Å². The Morgan fingerprint density at radius 3 is 2.72 bits per heavy atom. The number of carboxylic acids is 1. The van der Waals surface area contributed by atoms with Crippen LogP contribution in [0.2, 0.25) is 0 Å². The smallest absolute Gasteiger partial charge is 0.336 e. The van der Waals surface area contributed by atoms with E-state index in [0.717, 1.165) is 17.4 Å². The van der Waals surface area contributed by atoms with Crippen molar-refractivity contribution in [1.82, 2.24) is 9.13 Å². The second-order valence-electron chi connectivity index (χ2n) is 7.03. The molecule has 0 spiro atoms. The molecule has 2 heterocycles. The molecule has 2 aromatic rings. The highest BCUT2D eigenvalue weighted by atomic mass is 16.4. The van der Waals surface area contributed by atoms with E-state index in [0.29, 0.717) is 24.5 Å². The molecule has 1 saturated heterocycles. The van der Waals surface area contributed by atoms with Crippen LogP contribution in [0.3, 0.4) is 0 Å². The number of benzene rings is 1. The third kappa shape index (κ3) is 4.41. The second kappa shape index (κ2) is 8.80. The minimum atomic E-state index is -1.11. The van der Waals surface area contributed by atoms with Gasteiger partial charge in [-0.2, -0.15) is 0 Å². The van der Waals surface area contributed by atoms with Crippen LogP contribution in [0.1, 0.15) is 35.7 Å². The van der Waals surface area contributed by atoms with Crippen molar-refractivity contribution >= 4 is 11.8 Å². The van der Waals surface area contributed by atoms with Crippen molar-refractivity contribution in [1.29, 1.82) is 0 Å². The molecule has 1 aliphatic heterocycles. The fourth-order valence-electron chi connectivity index (χ4n) is 3.57. The lowest BCUT2D eigenvalue weighted by Gasteiger charge is -2.33. The maximum Gasteiger partial charge on any atom is 0.336 e. The Balaban J connectivity index is 2.10. The zero-order valence-corrected chi connectivity index (χ0v) is 16.3. The largest absolute Gasteiger partial charge is 0.478 e. The van der Waals surface area contributed by atoms with E-state index in [-0.39, 0.29) is 24.7 Å². The number of carboxylic acid groups (broad SMARTS) is 1. The number of aromatic carboxylic acids is 1. The number of nitrogens with two attached hydrogens (primary N) is 1. The number of carbonyl (C=O) groups is 1. The third-order valence-electron chi connectivity index (χ3n) is 5.03. The van der Waals surface area contributed by atoms with E-state index in [1.165, 1.54) is 16.7 Å². The van der Waals surface area contributed by atoms with Crippen LogP contribution in [0.4, 0.5) is 5.82 Å². The summed E-state index contributed by atoms with van der Waals surface area (Å²) >= 11 is 0. The third-order valence-corrected chi connectivity index (χ3v) is 5.03. The Kier molecular flexibility index (Phi) is 6.20. The van der Waals surface area contributed by atoms with Gasteiger partial charge in [0.05, 0.1) is 18.7 Å². The number of hydrogen-bond acceptors (Lipinski definition) is 5. The summed E-state index contributed by atoms with van der Waals surface area (Å²) in [5.74, 6) is 5.05. The van der Waals surface area contributed by atoms with Gasteiger partial charge in [0, 0.05) is 25.2 Å². The molecule has 1 aromatic carbocycles. The lowest BCUT2D eigenvalue weighted by molar-refractivity contribution is 0.0695. The molecule has 29 heavy (non-hydrogen) atoms. The predicted molar refractivity (Wildman–Crippen MR) is 110 cm³/mol. The summed E-state index contributed by atoms with van der Waals surface area (Å²) in [6.07, 6.45) is 1.78. The van der Waals surface area contributed by atoms with Crippen molar-refractivity contribution in [3.8, 4) is 11.8 Å². The van der Waals surface area contributed by atoms with E-state index in [2.05, 4.69) is 11.8 Å². The molecule has 3 N–H and O–H groups in total. The molecule has 0 aliphatic carbocycles. The standard InChI is InChI=1S/C21H24N4O4/c1-2-3-11-24-18(23-10-6-8-16(22)14-23)12-19(26)25(21(24)29)13-15-7-4-5-9-17(15)20(27)28/h4-5,7,9,12,16H,6,8,10-11,13-14,22H2,1H3,(H,27,28)/t16-/m1/s1. The van der Waals surface area contributed by atoms with Crippen LogP contribution in [-0.4, -0.2) is 39.3 Å². The number of aromatic nitrogens is 2. The number of piperidine rings is 1. The highest BCUT2D eigenvalue weighted by Gasteiger charge is 2.22. The average Bonchev–Trinajstić information content (AvgIpc) is 2.70. The highest BCUT2D eigenvalue weighted by Crippen LogP contribution is 2.17. The van der Waals surface area contributed by atoms with Gasteiger partial charge in [0.1, 0.15) is 5.82 Å². The van der Waals surface area contributed by atoms with Gasteiger partial charge in [-0.25, -0.2) is 9.59 Å². The Morgan fingerprint density at radius 1 is 1.28 bits per heavy atom. The highest BCUT2D eigenvalue weighted by molar-refractivity contribution is 5.89. The maximum absolute atomic E-state index is 13.2. The molecule has 152 valence electrons. The van der Waals surface area contributed by atoms with E-state index < -0.39 is 17.2 Å². The molecule has 1 atom stereocenters. The van der Waals surface area contributed by atoms with Crippen LogP contribution in [0, 0.1) is 11.8 Å². The molecule has 0 unspecified atom stereocenters. The van der Waals surface area contributed by atoms with Crippen molar-refractivity contribution in [3.05, 3.63) is 62.3 Å². The number of rotatable bonds is 5. The quantitative estimate of drug-likeness (QED) is 0.720. The van der Waals surface area contributed by atoms with Crippen molar-refractivity contribution in [2.75, 3.05) is 18.0 Å². The van der Waals surface area contributed by atoms with Gasteiger partial charge in [-0.15, -0.1) is 5.92 Å². The first-order valence-corrected chi connectivity index (χ1v) is 9.48. The Morgan fingerprint density at radius 2 is 2.03 bits per heavy atom. The topological polar surface area (TPSA) is 111 Å². The van der Waals surface area contributed by atoms with Crippen LogP contribution >= 0.6 is 0 Å². The maximum atomic E-state index is 13.2. The fraction of sp³-hybridized carbons (Fsp3) is 0.381. The van der Waals surface area contributed by atoms with Gasteiger partial charge in [-0.1, -0.05) is 24.1 Å². The first-order chi connectivity index (χ1) is 13.9. The molecule has 1 aliphatic rings. The van der Waals surface area contributed by atoms with E-state index >= 15 is 0 Å². The van der Waals surface area contributed by atoms with Gasteiger partial charge in [-0.3, -0.25) is 13.9 Å². The minimum Gasteiger partial charge on any atom is -0.478 e. The van der Waals surface area contributed by atoms with E-state index in [1.54, 1.807) is 25.1 Å². The summed E-state index contributed by atoms with van der Waals surface area (Å²) in [5, 5.41) is 9.38. The Hall–Kier alpha value is -3.31. The summed E-state index contributed by atoms with van der Waals surface area (Å²) in [4.78, 5) is 39.4. The fourth-order valence-corrected chi connectivity index (χ4v) is 3.57. The first kappa shape index (κ1) is 20.4. The monoisotopic (exact) mass is 396 g/mol. The van der Waals surface area contributed by atoms with Crippen LogP contribution in [0.25, 0.3) is 0 Å². The normalized spacial score (nSPS) is 16.2. The predicted octanol–water partition coefficient (Wildman–Crippen LogP) is 0.707. The van der Waals surface area contributed by atoms with Gasteiger partial charge in [-0.05, 0) is 31.4 Å². The molecular weight excluding hydrogens is 372 g/mol. The number of hydrogen-bond donors (Lipinski definition) is 2. The molecule has 8 heteroatoms. The molecule has 1 aromatic heterocycles. The Labute approximate surface area is 168 Å². The lowest BCUT2D eigenvalue weighted by atomic mass is 10.1.